The number of hydrogen-bond acceptors (Lipinski definition) is 3. The van der Waals surface area contributed by atoms with Crippen LogP contribution in [0, 0.1) is 5.41 Å². The topological polar surface area (TPSA) is 44.4 Å². The lowest BCUT2D eigenvalue weighted by molar-refractivity contribution is -0.122. The average molecular weight is 279 g/mol. The number of carbonyl (C=O) groups is 1. The maximum absolute atomic E-state index is 12.2. The third-order valence-corrected chi connectivity index (χ3v) is 5.44. The van der Waals surface area contributed by atoms with Crippen LogP contribution in [-0.4, -0.2) is 49.6 Å². The van der Waals surface area contributed by atoms with Crippen LogP contribution in [0.1, 0.15) is 51.4 Å². The van der Waals surface area contributed by atoms with Crippen molar-refractivity contribution in [3.8, 4) is 0 Å². The van der Waals surface area contributed by atoms with Gasteiger partial charge in [-0.2, -0.15) is 0 Å². The Kier molecular flexibility index (Phi) is 4.61. The average Bonchev–Trinajstić information content (AvgIpc) is 2.96. The quantitative estimate of drug-likeness (QED) is 0.770. The molecule has 2 heterocycles. The van der Waals surface area contributed by atoms with Crippen LogP contribution < -0.4 is 10.6 Å². The lowest BCUT2D eigenvalue weighted by atomic mass is 9.87. The normalized spacial score (nSPS) is 32.6. The first-order valence-electron chi connectivity index (χ1n) is 8.48. The lowest BCUT2D eigenvalue weighted by Gasteiger charge is -2.23. The van der Waals surface area contributed by atoms with Crippen molar-refractivity contribution in [2.45, 2.75) is 57.4 Å². The highest BCUT2D eigenvalue weighted by molar-refractivity contribution is 5.78. The van der Waals surface area contributed by atoms with Crippen molar-refractivity contribution in [3.05, 3.63) is 0 Å². The van der Waals surface area contributed by atoms with Gasteiger partial charge in [0, 0.05) is 19.1 Å². The number of nitrogens with one attached hydrogen (secondary N) is 2. The Labute approximate surface area is 122 Å². The number of likely N-dealkylation sites (tertiary alicyclic amines) is 1. The van der Waals surface area contributed by atoms with Gasteiger partial charge < -0.3 is 10.6 Å². The first-order valence-corrected chi connectivity index (χ1v) is 8.48. The third kappa shape index (κ3) is 3.53. The zero-order valence-corrected chi connectivity index (χ0v) is 12.6. The van der Waals surface area contributed by atoms with Gasteiger partial charge in [-0.3, -0.25) is 9.69 Å². The van der Waals surface area contributed by atoms with Crippen LogP contribution in [0.2, 0.25) is 0 Å². The molecule has 0 bridgehead atoms. The summed E-state index contributed by atoms with van der Waals surface area (Å²) in [4.78, 5) is 14.6. The summed E-state index contributed by atoms with van der Waals surface area (Å²) >= 11 is 0. The molecule has 0 aromatic rings. The number of rotatable bonds is 3. The van der Waals surface area contributed by atoms with Gasteiger partial charge in [0.25, 0.3) is 0 Å². The predicted molar refractivity (Wildman–Crippen MR) is 80.6 cm³/mol. The van der Waals surface area contributed by atoms with E-state index in [1.807, 2.05) is 0 Å². The van der Waals surface area contributed by atoms with Crippen LogP contribution in [0.3, 0.4) is 0 Å². The molecule has 1 amide bonds. The standard InChI is InChI=1S/C16H29N3O/c20-15(18-14-5-3-1-2-4-6-14)11-19-10-8-16(13-19)7-9-17-12-16/h14,17H,1-13H2,(H,18,20). The molecule has 0 radical (unpaired) electrons. The van der Waals surface area contributed by atoms with Gasteiger partial charge >= 0.3 is 0 Å². The molecule has 1 spiro atoms. The molecule has 3 aliphatic rings. The molecule has 114 valence electrons. The summed E-state index contributed by atoms with van der Waals surface area (Å²) in [6.45, 7) is 5.12. The van der Waals surface area contributed by atoms with Crippen molar-refractivity contribution in [1.82, 2.24) is 15.5 Å². The summed E-state index contributed by atoms with van der Waals surface area (Å²) < 4.78 is 0. The van der Waals surface area contributed by atoms with Crippen molar-refractivity contribution >= 4 is 5.91 Å². The minimum atomic E-state index is 0.250. The van der Waals surface area contributed by atoms with E-state index in [0.29, 0.717) is 18.0 Å². The zero-order chi connectivity index (χ0) is 13.8. The van der Waals surface area contributed by atoms with Crippen molar-refractivity contribution < 1.29 is 4.79 Å². The molecule has 3 fully saturated rings. The van der Waals surface area contributed by atoms with E-state index >= 15 is 0 Å². The molecule has 4 heteroatoms. The summed E-state index contributed by atoms with van der Waals surface area (Å²) in [5.74, 6) is 0.250. The largest absolute Gasteiger partial charge is 0.352 e. The van der Waals surface area contributed by atoms with E-state index < -0.39 is 0 Å². The van der Waals surface area contributed by atoms with E-state index in [9.17, 15) is 4.79 Å². The number of hydrogen-bond donors (Lipinski definition) is 2. The first-order chi connectivity index (χ1) is 9.76. The minimum absolute atomic E-state index is 0.250. The number of carbonyl (C=O) groups excluding carboxylic acids is 1. The van der Waals surface area contributed by atoms with Gasteiger partial charge in [-0.25, -0.2) is 0 Å². The fourth-order valence-electron chi connectivity index (χ4n) is 4.21. The second kappa shape index (κ2) is 6.44. The Hall–Kier alpha value is -0.610. The second-order valence-electron chi connectivity index (χ2n) is 7.14. The fourth-order valence-corrected chi connectivity index (χ4v) is 4.21. The van der Waals surface area contributed by atoms with Gasteiger partial charge in [0.05, 0.1) is 6.54 Å². The molecular weight excluding hydrogens is 250 g/mol. The van der Waals surface area contributed by atoms with Crippen LogP contribution in [0.25, 0.3) is 0 Å². The summed E-state index contributed by atoms with van der Waals surface area (Å²) in [6, 6.07) is 0.440. The van der Waals surface area contributed by atoms with Crippen molar-refractivity contribution in [1.29, 1.82) is 0 Å². The first kappa shape index (κ1) is 14.3. The van der Waals surface area contributed by atoms with E-state index in [-0.39, 0.29) is 5.91 Å². The van der Waals surface area contributed by atoms with Gasteiger partial charge in [0.15, 0.2) is 0 Å². The van der Waals surface area contributed by atoms with Gasteiger partial charge in [-0.05, 0) is 44.2 Å². The highest BCUT2D eigenvalue weighted by atomic mass is 16.2. The third-order valence-electron chi connectivity index (χ3n) is 5.44. The molecular formula is C16H29N3O. The van der Waals surface area contributed by atoms with E-state index in [4.69, 9.17) is 0 Å². The summed E-state index contributed by atoms with van der Waals surface area (Å²) in [5, 5.41) is 6.74. The maximum atomic E-state index is 12.2. The van der Waals surface area contributed by atoms with Gasteiger partial charge in [-0.15, -0.1) is 0 Å². The van der Waals surface area contributed by atoms with Crippen molar-refractivity contribution in [3.63, 3.8) is 0 Å². The number of nitrogens with zero attached hydrogens (tertiary/aromatic N) is 1. The number of amides is 1. The Morgan fingerprint density at radius 3 is 2.70 bits per heavy atom. The molecule has 4 nitrogen and oxygen atoms in total. The molecule has 3 rings (SSSR count). The molecule has 20 heavy (non-hydrogen) atoms. The molecule has 2 N–H and O–H groups in total. The summed E-state index contributed by atoms with van der Waals surface area (Å²) in [7, 11) is 0. The van der Waals surface area contributed by atoms with Crippen LogP contribution in [0.15, 0.2) is 0 Å². The van der Waals surface area contributed by atoms with E-state index in [0.717, 1.165) is 26.2 Å². The van der Waals surface area contributed by atoms with Crippen LogP contribution >= 0.6 is 0 Å². The van der Waals surface area contributed by atoms with Gasteiger partial charge in [0.2, 0.25) is 5.91 Å². The smallest absolute Gasteiger partial charge is 0.234 e. The Balaban J connectivity index is 1.42. The molecule has 1 atom stereocenters. The zero-order valence-electron chi connectivity index (χ0n) is 12.6. The predicted octanol–water partition coefficient (Wildman–Crippen LogP) is 1.51. The Morgan fingerprint density at radius 1 is 1.20 bits per heavy atom. The second-order valence-corrected chi connectivity index (χ2v) is 7.14. The van der Waals surface area contributed by atoms with Crippen LogP contribution in [-0.2, 0) is 4.79 Å². The fraction of sp³-hybridized carbons (Fsp3) is 0.938. The van der Waals surface area contributed by atoms with E-state index in [1.54, 1.807) is 0 Å². The van der Waals surface area contributed by atoms with Gasteiger partial charge in [0.1, 0.15) is 0 Å². The molecule has 1 aliphatic carbocycles. The highest BCUT2D eigenvalue weighted by Crippen LogP contribution is 2.35. The molecule has 2 aliphatic heterocycles. The van der Waals surface area contributed by atoms with E-state index in [1.165, 1.54) is 51.4 Å². The molecule has 1 unspecified atom stereocenters. The summed E-state index contributed by atoms with van der Waals surface area (Å²) in [5.41, 5.74) is 0.475. The molecule has 0 aromatic carbocycles. The molecule has 0 aromatic heterocycles. The highest BCUT2D eigenvalue weighted by Gasteiger charge is 2.40. The molecule has 1 saturated carbocycles. The Morgan fingerprint density at radius 2 is 2.00 bits per heavy atom. The SMILES string of the molecule is O=C(CN1CCC2(CCNC2)C1)NC1CCCCCC1. The lowest BCUT2D eigenvalue weighted by Crippen LogP contribution is -2.42. The Bertz CT molecular complexity index is 331. The monoisotopic (exact) mass is 279 g/mol. The van der Waals surface area contributed by atoms with E-state index in [2.05, 4.69) is 15.5 Å². The molecule has 2 saturated heterocycles. The summed E-state index contributed by atoms with van der Waals surface area (Å²) in [6.07, 6.45) is 10.2. The maximum Gasteiger partial charge on any atom is 0.234 e. The van der Waals surface area contributed by atoms with Crippen molar-refractivity contribution in [2.75, 3.05) is 32.7 Å². The van der Waals surface area contributed by atoms with Crippen LogP contribution in [0.5, 0.6) is 0 Å². The minimum Gasteiger partial charge on any atom is -0.352 e. The van der Waals surface area contributed by atoms with Crippen molar-refractivity contribution in [2.24, 2.45) is 5.41 Å². The van der Waals surface area contributed by atoms with Crippen LogP contribution in [0.4, 0.5) is 0 Å². The van der Waals surface area contributed by atoms with Gasteiger partial charge in [-0.1, -0.05) is 25.7 Å².